The van der Waals surface area contributed by atoms with Crippen LogP contribution in [0.1, 0.15) is 44.2 Å². The van der Waals surface area contributed by atoms with Gasteiger partial charge in [-0.2, -0.15) is 0 Å². The minimum atomic E-state index is 0.0748. The first-order valence-electron chi connectivity index (χ1n) is 8.83. The average molecular weight is 310 g/mol. The maximum absolute atomic E-state index is 12.6. The summed E-state index contributed by atoms with van der Waals surface area (Å²) in [6.07, 6.45) is 8.05. The van der Waals surface area contributed by atoms with Gasteiger partial charge in [0.2, 0.25) is 5.91 Å². The molecule has 4 saturated carbocycles. The molecule has 0 aliphatic heterocycles. The van der Waals surface area contributed by atoms with Crippen LogP contribution in [0.25, 0.3) is 11.0 Å². The fourth-order valence-corrected chi connectivity index (χ4v) is 5.82. The van der Waals surface area contributed by atoms with Crippen molar-refractivity contribution in [3.8, 4) is 0 Å². The summed E-state index contributed by atoms with van der Waals surface area (Å²) in [4.78, 5) is 12.6. The maximum Gasteiger partial charge on any atom is 0.226 e. The fourth-order valence-electron chi connectivity index (χ4n) is 5.82. The number of fused-ring (bicyclic) bond motifs is 1. The Kier molecular flexibility index (Phi) is 2.85. The van der Waals surface area contributed by atoms with Crippen molar-refractivity contribution in [2.45, 2.75) is 50.5 Å². The van der Waals surface area contributed by atoms with Gasteiger partial charge >= 0.3 is 0 Å². The Labute approximate surface area is 135 Å². The molecule has 23 heavy (non-hydrogen) atoms. The zero-order valence-corrected chi connectivity index (χ0v) is 13.3. The highest BCUT2D eigenvalue weighted by Gasteiger charge is 2.51. The van der Waals surface area contributed by atoms with Crippen LogP contribution in [0.4, 0.5) is 0 Å². The number of nitrogens with zero attached hydrogens (tertiary/aromatic N) is 1. The Morgan fingerprint density at radius 3 is 2.48 bits per heavy atom. The van der Waals surface area contributed by atoms with Gasteiger partial charge in [0.25, 0.3) is 0 Å². The second-order valence-corrected chi connectivity index (χ2v) is 8.05. The van der Waals surface area contributed by atoms with Gasteiger partial charge in [0, 0.05) is 10.9 Å². The number of rotatable bonds is 3. The number of aromatic nitrogens is 1. The quantitative estimate of drug-likeness (QED) is 0.944. The molecule has 1 aromatic carbocycles. The van der Waals surface area contributed by atoms with E-state index in [1.165, 1.54) is 38.5 Å². The van der Waals surface area contributed by atoms with E-state index in [2.05, 4.69) is 10.5 Å². The van der Waals surface area contributed by atoms with E-state index in [0.29, 0.717) is 6.42 Å². The van der Waals surface area contributed by atoms with E-state index in [4.69, 9.17) is 4.52 Å². The van der Waals surface area contributed by atoms with Crippen molar-refractivity contribution in [2.75, 3.05) is 0 Å². The molecule has 1 aromatic heterocycles. The van der Waals surface area contributed by atoms with E-state index in [-0.39, 0.29) is 11.4 Å². The highest BCUT2D eigenvalue weighted by atomic mass is 16.5. The molecule has 4 fully saturated rings. The number of carbonyl (C=O) groups excluding carboxylic acids is 1. The third-order valence-electron chi connectivity index (χ3n) is 6.22. The summed E-state index contributed by atoms with van der Waals surface area (Å²) in [5.41, 5.74) is 1.58. The van der Waals surface area contributed by atoms with E-state index < -0.39 is 0 Å². The number of carbonyl (C=O) groups is 1. The standard InChI is InChI=1S/C19H22N2O2/c22-18(8-16-15-3-1-2-4-17(15)23-21-16)20-19-9-12-5-13(10-19)7-14(6-12)11-19/h1-4,12-14H,5-11H2,(H,20,22). The number of nitrogens with one attached hydrogen (secondary N) is 1. The van der Waals surface area contributed by atoms with Crippen molar-refractivity contribution in [2.24, 2.45) is 17.8 Å². The molecule has 0 atom stereocenters. The molecule has 6 rings (SSSR count). The number of benzene rings is 1. The van der Waals surface area contributed by atoms with E-state index >= 15 is 0 Å². The predicted molar refractivity (Wildman–Crippen MR) is 86.8 cm³/mol. The molecule has 4 heteroatoms. The molecular formula is C19H22N2O2. The summed E-state index contributed by atoms with van der Waals surface area (Å²) in [6.45, 7) is 0. The van der Waals surface area contributed by atoms with Crippen LogP contribution in [0.5, 0.6) is 0 Å². The summed E-state index contributed by atoms with van der Waals surface area (Å²) in [5.74, 6) is 2.63. The third kappa shape index (κ3) is 2.27. The minimum absolute atomic E-state index is 0.0748. The average Bonchev–Trinajstić information content (AvgIpc) is 2.88. The lowest BCUT2D eigenvalue weighted by Gasteiger charge is -2.56. The zero-order chi connectivity index (χ0) is 15.4. The van der Waals surface area contributed by atoms with Gasteiger partial charge in [-0.05, 0) is 68.4 Å². The zero-order valence-electron chi connectivity index (χ0n) is 13.3. The van der Waals surface area contributed by atoms with Gasteiger partial charge in [0.1, 0.15) is 5.69 Å². The molecule has 2 aromatic rings. The summed E-state index contributed by atoms with van der Waals surface area (Å²) in [7, 11) is 0. The van der Waals surface area contributed by atoms with Gasteiger partial charge < -0.3 is 9.84 Å². The van der Waals surface area contributed by atoms with Crippen molar-refractivity contribution in [1.29, 1.82) is 0 Å². The molecule has 4 nitrogen and oxygen atoms in total. The van der Waals surface area contributed by atoms with Crippen molar-refractivity contribution in [3.05, 3.63) is 30.0 Å². The smallest absolute Gasteiger partial charge is 0.226 e. The molecule has 4 bridgehead atoms. The largest absolute Gasteiger partial charge is 0.356 e. The Bertz CT molecular complexity index is 728. The molecule has 0 radical (unpaired) electrons. The molecule has 120 valence electrons. The Morgan fingerprint density at radius 1 is 1.13 bits per heavy atom. The lowest BCUT2D eigenvalue weighted by Crippen LogP contribution is -2.60. The van der Waals surface area contributed by atoms with E-state index in [0.717, 1.165) is 34.4 Å². The lowest BCUT2D eigenvalue weighted by atomic mass is 9.53. The van der Waals surface area contributed by atoms with Crippen LogP contribution in [-0.4, -0.2) is 16.6 Å². The number of para-hydroxylation sites is 1. The molecule has 0 saturated heterocycles. The minimum Gasteiger partial charge on any atom is -0.356 e. The maximum atomic E-state index is 12.6. The van der Waals surface area contributed by atoms with Crippen LogP contribution in [0.2, 0.25) is 0 Å². The first kappa shape index (κ1) is 13.6. The molecule has 4 aliphatic rings. The predicted octanol–water partition coefficient (Wildman–Crippen LogP) is 3.46. The van der Waals surface area contributed by atoms with Gasteiger partial charge in [-0.1, -0.05) is 17.3 Å². The van der Waals surface area contributed by atoms with Crippen LogP contribution in [0.3, 0.4) is 0 Å². The van der Waals surface area contributed by atoms with E-state index in [9.17, 15) is 4.79 Å². The lowest BCUT2D eigenvalue weighted by molar-refractivity contribution is -0.126. The second kappa shape index (κ2) is 4.83. The summed E-state index contributed by atoms with van der Waals surface area (Å²) < 4.78 is 5.31. The summed E-state index contributed by atoms with van der Waals surface area (Å²) >= 11 is 0. The molecule has 0 unspecified atom stereocenters. The van der Waals surface area contributed by atoms with Crippen molar-refractivity contribution in [3.63, 3.8) is 0 Å². The van der Waals surface area contributed by atoms with Gasteiger partial charge in [0.15, 0.2) is 5.58 Å². The molecule has 0 spiro atoms. The highest BCUT2D eigenvalue weighted by Crippen LogP contribution is 2.55. The Balaban J connectivity index is 1.34. The molecular weight excluding hydrogens is 288 g/mol. The Hall–Kier alpha value is -1.84. The normalized spacial score (nSPS) is 34.9. The van der Waals surface area contributed by atoms with Gasteiger partial charge in [-0.15, -0.1) is 0 Å². The van der Waals surface area contributed by atoms with Crippen molar-refractivity contribution < 1.29 is 9.32 Å². The van der Waals surface area contributed by atoms with E-state index in [1.807, 2.05) is 24.3 Å². The van der Waals surface area contributed by atoms with Crippen LogP contribution in [-0.2, 0) is 11.2 Å². The Morgan fingerprint density at radius 2 is 1.78 bits per heavy atom. The summed E-state index contributed by atoms with van der Waals surface area (Å²) in [5, 5.41) is 8.45. The van der Waals surface area contributed by atoms with Crippen molar-refractivity contribution in [1.82, 2.24) is 10.5 Å². The van der Waals surface area contributed by atoms with Crippen LogP contribution in [0.15, 0.2) is 28.8 Å². The number of hydrogen-bond donors (Lipinski definition) is 1. The topological polar surface area (TPSA) is 55.1 Å². The number of hydrogen-bond acceptors (Lipinski definition) is 3. The van der Waals surface area contributed by atoms with Crippen LogP contribution in [0, 0.1) is 17.8 Å². The van der Waals surface area contributed by atoms with Crippen molar-refractivity contribution >= 4 is 16.9 Å². The highest BCUT2D eigenvalue weighted by molar-refractivity contribution is 5.86. The molecule has 4 aliphatic carbocycles. The molecule has 1 amide bonds. The monoisotopic (exact) mass is 310 g/mol. The van der Waals surface area contributed by atoms with Gasteiger partial charge in [-0.25, -0.2) is 0 Å². The van der Waals surface area contributed by atoms with Gasteiger partial charge in [-0.3, -0.25) is 4.79 Å². The fraction of sp³-hybridized carbons (Fsp3) is 0.579. The molecule has 1 heterocycles. The molecule has 1 N–H and O–H groups in total. The third-order valence-corrected chi connectivity index (χ3v) is 6.22. The first-order chi connectivity index (χ1) is 11.2. The van der Waals surface area contributed by atoms with Crippen LogP contribution < -0.4 is 5.32 Å². The summed E-state index contributed by atoms with van der Waals surface area (Å²) in [6, 6.07) is 7.74. The van der Waals surface area contributed by atoms with E-state index in [1.54, 1.807) is 0 Å². The SMILES string of the molecule is O=C(Cc1noc2ccccc12)NC12CC3CC(CC(C3)C1)C2. The van der Waals surface area contributed by atoms with Gasteiger partial charge in [0.05, 0.1) is 6.42 Å². The second-order valence-electron chi connectivity index (χ2n) is 8.05. The number of amides is 1. The first-order valence-corrected chi connectivity index (χ1v) is 8.83. The van der Waals surface area contributed by atoms with Crippen LogP contribution >= 0.6 is 0 Å².